The molecule has 0 amide bonds. The summed E-state index contributed by atoms with van der Waals surface area (Å²) in [6, 6.07) is 30.1. The normalized spacial score (nSPS) is 16.6. The highest BCUT2D eigenvalue weighted by molar-refractivity contribution is 9.10. The van der Waals surface area contributed by atoms with Crippen LogP contribution in [0.15, 0.2) is 89.4 Å². The molecule has 7 rings (SSSR count). The zero-order valence-corrected chi connectivity index (χ0v) is 23.9. The molecule has 0 unspecified atom stereocenters. The first-order chi connectivity index (χ1) is 17.2. The summed E-state index contributed by atoms with van der Waals surface area (Å²) in [5.41, 5.74) is 0.488. The number of hydrogen-bond acceptors (Lipinski definition) is 4. The maximum atomic E-state index is 6.17. The van der Waals surface area contributed by atoms with Gasteiger partial charge in [0.1, 0.15) is 0 Å². The molecule has 0 bridgehead atoms. The third-order valence-corrected chi connectivity index (χ3v) is 10.1. The summed E-state index contributed by atoms with van der Waals surface area (Å²) in [5.74, 6) is 0. The van der Waals surface area contributed by atoms with E-state index < -0.39 is 0 Å². The Morgan fingerprint density at radius 1 is 0.583 bits per heavy atom. The van der Waals surface area contributed by atoms with Crippen molar-refractivity contribution >= 4 is 91.5 Å². The predicted octanol–water partition coefficient (Wildman–Crippen LogP) is 9.17. The summed E-state index contributed by atoms with van der Waals surface area (Å²) in [5, 5.41) is 5.29. The quantitative estimate of drug-likeness (QED) is 0.183. The van der Waals surface area contributed by atoms with Crippen LogP contribution >= 0.6 is 38.6 Å². The molecule has 0 spiro atoms. The van der Waals surface area contributed by atoms with E-state index >= 15 is 0 Å². The Balaban J connectivity index is 0.000000147. The monoisotopic (exact) mass is 572 g/mol. The molecule has 4 aromatic carbocycles. The van der Waals surface area contributed by atoms with Gasteiger partial charge in [-0.05, 0) is 74.9 Å². The molecule has 1 aliphatic heterocycles. The van der Waals surface area contributed by atoms with Gasteiger partial charge in [0.25, 0.3) is 0 Å². The van der Waals surface area contributed by atoms with Crippen molar-refractivity contribution in [3.8, 4) is 0 Å². The standard InChI is InChI=1S/C18H19BO2S.C12H7BrS/c1-17(2)18(3,4)21-19(20-17)12-9-10-16-14(11-12)13-7-5-6-8-15(13)22-16;13-8-5-6-12-10(7-8)9-3-1-2-4-11(9)14-12/h5-11H,1-4H3;1-7H. The van der Waals surface area contributed by atoms with Crippen LogP contribution in [0.25, 0.3) is 40.3 Å². The Kier molecular flexibility index (Phi) is 6.01. The largest absolute Gasteiger partial charge is 0.494 e. The van der Waals surface area contributed by atoms with Gasteiger partial charge >= 0.3 is 7.12 Å². The first kappa shape index (κ1) is 24.1. The van der Waals surface area contributed by atoms with Crippen molar-refractivity contribution in [1.29, 1.82) is 0 Å². The van der Waals surface area contributed by atoms with Crippen LogP contribution in [0.3, 0.4) is 0 Å². The zero-order chi connectivity index (χ0) is 25.1. The molecule has 36 heavy (non-hydrogen) atoms. The number of thiophene rings is 2. The van der Waals surface area contributed by atoms with E-state index in [2.05, 4.69) is 129 Å². The molecule has 1 aliphatic rings. The first-order valence-electron chi connectivity index (χ1n) is 12.1. The smallest absolute Gasteiger partial charge is 0.399 e. The van der Waals surface area contributed by atoms with Crippen LogP contribution in [0.4, 0.5) is 0 Å². The molecular formula is C30H26BBrO2S2. The van der Waals surface area contributed by atoms with Crippen LogP contribution in [0.5, 0.6) is 0 Å². The van der Waals surface area contributed by atoms with Gasteiger partial charge in [-0.2, -0.15) is 0 Å². The number of fused-ring (bicyclic) bond motifs is 6. The van der Waals surface area contributed by atoms with Gasteiger partial charge in [-0.25, -0.2) is 0 Å². The lowest BCUT2D eigenvalue weighted by atomic mass is 9.78. The fraction of sp³-hybridized carbons (Fsp3) is 0.200. The minimum atomic E-state index is -0.302. The van der Waals surface area contributed by atoms with Crippen molar-refractivity contribution < 1.29 is 9.31 Å². The van der Waals surface area contributed by atoms with Crippen LogP contribution in [-0.4, -0.2) is 18.3 Å². The lowest BCUT2D eigenvalue weighted by Crippen LogP contribution is -2.41. The maximum absolute atomic E-state index is 6.17. The summed E-state index contributed by atoms with van der Waals surface area (Å²) in [4.78, 5) is 0. The van der Waals surface area contributed by atoms with Crippen LogP contribution < -0.4 is 5.46 Å². The molecule has 0 aliphatic carbocycles. The molecule has 1 saturated heterocycles. The third-order valence-electron chi connectivity index (χ3n) is 7.26. The van der Waals surface area contributed by atoms with E-state index in [4.69, 9.17) is 9.31 Å². The minimum Gasteiger partial charge on any atom is -0.399 e. The average Bonchev–Trinajstić information content (AvgIpc) is 3.47. The van der Waals surface area contributed by atoms with Crippen LogP contribution in [0, 0.1) is 0 Å². The second kappa shape index (κ2) is 8.96. The Labute approximate surface area is 228 Å². The SMILES string of the molecule is Brc1ccc2sc3ccccc3c2c1.CC1(C)OB(c2ccc3sc4ccccc4c3c2)OC1(C)C. The van der Waals surface area contributed by atoms with Crippen molar-refractivity contribution in [2.75, 3.05) is 0 Å². The van der Waals surface area contributed by atoms with Gasteiger partial charge < -0.3 is 9.31 Å². The van der Waals surface area contributed by atoms with Crippen molar-refractivity contribution in [2.24, 2.45) is 0 Å². The topological polar surface area (TPSA) is 18.5 Å². The summed E-state index contributed by atoms with van der Waals surface area (Å²) in [7, 11) is -0.298. The van der Waals surface area contributed by atoms with Crippen molar-refractivity contribution in [1.82, 2.24) is 0 Å². The molecular weight excluding hydrogens is 547 g/mol. The lowest BCUT2D eigenvalue weighted by Gasteiger charge is -2.32. The maximum Gasteiger partial charge on any atom is 0.494 e. The third kappa shape index (κ3) is 4.19. The van der Waals surface area contributed by atoms with Crippen molar-refractivity contribution in [3.63, 3.8) is 0 Å². The number of halogens is 1. The van der Waals surface area contributed by atoms with Gasteiger partial charge in [-0.3, -0.25) is 0 Å². The number of hydrogen-bond donors (Lipinski definition) is 0. The van der Waals surface area contributed by atoms with E-state index in [1.165, 1.54) is 40.3 Å². The van der Waals surface area contributed by atoms with E-state index in [1.807, 2.05) is 22.7 Å². The van der Waals surface area contributed by atoms with E-state index in [9.17, 15) is 0 Å². The summed E-state index contributed by atoms with van der Waals surface area (Å²) < 4.78 is 18.8. The van der Waals surface area contributed by atoms with E-state index in [0.29, 0.717) is 0 Å². The van der Waals surface area contributed by atoms with Gasteiger partial charge in [0.2, 0.25) is 0 Å². The van der Waals surface area contributed by atoms with Crippen LogP contribution in [0.2, 0.25) is 0 Å². The molecule has 0 saturated carbocycles. The summed E-state index contributed by atoms with van der Waals surface area (Å²) in [6.45, 7) is 8.36. The molecule has 2 nitrogen and oxygen atoms in total. The fourth-order valence-electron chi connectivity index (χ4n) is 4.57. The molecule has 1 fully saturated rings. The second-order valence-corrected chi connectivity index (χ2v) is 13.3. The van der Waals surface area contributed by atoms with E-state index in [1.54, 1.807) is 0 Å². The Morgan fingerprint density at radius 2 is 1.06 bits per heavy atom. The first-order valence-corrected chi connectivity index (χ1v) is 14.5. The van der Waals surface area contributed by atoms with Gasteiger partial charge in [0, 0.05) is 39.4 Å². The Morgan fingerprint density at radius 3 is 1.64 bits per heavy atom. The number of rotatable bonds is 1. The molecule has 2 aromatic heterocycles. The molecule has 0 radical (unpaired) electrons. The van der Waals surface area contributed by atoms with Gasteiger partial charge in [-0.1, -0.05) is 64.5 Å². The molecule has 6 aromatic rings. The minimum absolute atomic E-state index is 0.298. The van der Waals surface area contributed by atoms with Gasteiger partial charge in [-0.15, -0.1) is 22.7 Å². The van der Waals surface area contributed by atoms with E-state index in [0.717, 1.165) is 9.94 Å². The molecule has 0 N–H and O–H groups in total. The molecule has 180 valence electrons. The Hall–Kier alpha value is -2.22. The summed E-state index contributed by atoms with van der Waals surface area (Å²) >= 11 is 7.19. The lowest BCUT2D eigenvalue weighted by molar-refractivity contribution is 0.00578. The highest BCUT2D eigenvalue weighted by atomic mass is 79.9. The molecule has 0 atom stereocenters. The second-order valence-electron chi connectivity index (χ2n) is 10.2. The Bertz CT molecular complexity index is 1720. The van der Waals surface area contributed by atoms with Crippen LogP contribution in [0.1, 0.15) is 27.7 Å². The highest BCUT2D eigenvalue weighted by Gasteiger charge is 2.51. The molecule has 6 heteroatoms. The highest BCUT2D eigenvalue weighted by Crippen LogP contribution is 2.38. The number of benzene rings is 4. The molecule has 3 heterocycles. The summed E-state index contributed by atoms with van der Waals surface area (Å²) in [6.07, 6.45) is 0. The van der Waals surface area contributed by atoms with Crippen LogP contribution in [-0.2, 0) is 9.31 Å². The van der Waals surface area contributed by atoms with E-state index in [-0.39, 0.29) is 18.3 Å². The average molecular weight is 573 g/mol. The van der Waals surface area contributed by atoms with Crippen molar-refractivity contribution in [3.05, 3.63) is 89.4 Å². The van der Waals surface area contributed by atoms with Crippen molar-refractivity contribution in [2.45, 2.75) is 38.9 Å². The fourth-order valence-corrected chi connectivity index (χ4v) is 7.10. The van der Waals surface area contributed by atoms with Gasteiger partial charge in [0.15, 0.2) is 0 Å². The van der Waals surface area contributed by atoms with Gasteiger partial charge in [0.05, 0.1) is 11.2 Å². The zero-order valence-electron chi connectivity index (χ0n) is 20.7. The predicted molar refractivity (Wildman–Crippen MR) is 162 cm³/mol.